The highest BCUT2D eigenvalue weighted by Gasteiger charge is 2.59. The monoisotopic (exact) mass is 378 g/mol. The maximum Gasteiger partial charge on any atom is 0.321 e. The number of ether oxygens (including phenoxy) is 1. The summed E-state index contributed by atoms with van der Waals surface area (Å²) in [5.74, 6) is -1.37. The van der Waals surface area contributed by atoms with Crippen molar-refractivity contribution in [1.82, 2.24) is 0 Å². The summed E-state index contributed by atoms with van der Waals surface area (Å²) in [6.45, 7) is 0. The fraction of sp³-hybridized carbons (Fsp3) is 0.333. The first kappa shape index (κ1) is 14.0. The van der Waals surface area contributed by atoms with Crippen LogP contribution in [0.4, 0.5) is 10.1 Å². The molecule has 0 saturated heterocycles. The first-order valence-corrected chi connectivity index (χ1v) is 7.59. The van der Waals surface area contributed by atoms with Crippen LogP contribution in [0.15, 0.2) is 24.3 Å². The van der Waals surface area contributed by atoms with Crippen LogP contribution < -0.4 is 3.11 Å². The lowest BCUT2D eigenvalue weighted by Gasteiger charge is -2.20. The lowest BCUT2D eigenvalue weighted by atomic mass is 10.1. The van der Waals surface area contributed by atoms with Gasteiger partial charge >= 0.3 is 5.97 Å². The largest absolute Gasteiger partial charge is 0.468 e. The molecule has 0 unspecified atom stereocenters. The van der Waals surface area contributed by atoms with Gasteiger partial charge in [-0.3, -0.25) is 13.2 Å². The Labute approximate surface area is 120 Å². The Morgan fingerprint density at radius 1 is 1.37 bits per heavy atom. The van der Waals surface area contributed by atoms with Crippen molar-refractivity contribution in [3.63, 3.8) is 0 Å². The molecular weight excluding hydrogens is 366 g/mol. The molecule has 0 spiro atoms. The van der Waals surface area contributed by atoms with Crippen LogP contribution in [0.3, 0.4) is 0 Å². The van der Waals surface area contributed by atoms with Gasteiger partial charge in [0.1, 0.15) is 32.5 Å². The standard InChI is InChI=1S/C12H12FIN2O3/c1-19-11(18)12(6-7-12)10(17)16(14-15)9-4-2-8(13)3-5-9/h2-5,15H,6-7H2,1H3. The molecule has 1 amide bonds. The number of carbonyl (C=O) groups excluding carboxylic acids is 2. The number of carbonyl (C=O) groups is 2. The van der Waals surface area contributed by atoms with Crippen molar-refractivity contribution in [2.45, 2.75) is 12.8 Å². The summed E-state index contributed by atoms with van der Waals surface area (Å²) in [5.41, 5.74) is -0.673. The topological polar surface area (TPSA) is 70.5 Å². The number of methoxy groups -OCH3 is 1. The van der Waals surface area contributed by atoms with Crippen molar-refractivity contribution in [1.29, 1.82) is 3.56 Å². The Morgan fingerprint density at radius 3 is 2.37 bits per heavy atom. The van der Waals surface area contributed by atoms with Gasteiger partial charge in [0.05, 0.1) is 12.8 Å². The second-order valence-corrected chi connectivity index (χ2v) is 5.67. The molecule has 0 radical (unpaired) electrons. The normalized spacial score (nSPS) is 15.7. The molecule has 0 heterocycles. The van der Waals surface area contributed by atoms with Gasteiger partial charge in [0, 0.05) is 0 Å². The van der Waals surface area contributed by atoms with E-state index in [0.717, 1.165) is 0 Å². The van der Waals surface area contributed by atoms with Crippen LogP contribution in [0.5, 0.6) is 0 Å². The number of hydrogen-bond donors (Lipinski definition) is 1. The van der Waals surface area contributed by atoms with E-state index in [1.54, 1.807) is 0 Å². The highest BCUT2D eigenvalue weighted by molar-refractivity contribution is 14.2. The van der Waals surface area contributed by atoms with Crippen LogP contribution in [0.2, 0.25) is 0 Å². The summed E-state index contributed by atoms with van der Waals surface area (Å²) in [6.07, 6.45) is 0.889. The van der Waals surface area contributed by atoms with Gasteiger partial charge in [0.25, 0.3) is 5.91 Å². The maximum absolute atomic E-state index is 12.9. The summed E-state index contributed by atoms with van der Waals surface area (Å²) in [7, 11) is 1.24. The predicted octanol–water partition coefficient (Wildman–Crippen LogP) is 2.76. The van der Waals surface area contributed by atoms with E-state index in [9.17, 15) is 14.0 Å². The highest BCUT2D eigenvalue weighted by atomic mass is 127. The number of nitrogens with one attached hydrogen (secondary N) is 1. The molecule has 1 aliphatic rings. The van der Waals surface area contributed by atoms with Gasteiger partial charge in [-0.25, -0.2) is 7.50 Å². The molecule has 0 atom stereocenters. The average molecular weight is 378 g/mol. The minimum atomic E-state index is -1.34. The van der Waals surface area contributed by atoms with Gasteiger partial charge in [-0.2, -0.15) is 0 Å². The molecule has 1 aliphatic carbocycles. The van der Waals surface area contributed by atoms with E-state index < -0.39 is 44.4 Å². The number of hydrogen-bond acceptors (Lipinski definition) is 4. The predicted molar refractivity (Wildman–Crippen MR) is 74.3 cm³/mol. The van der Waals surface area contributed by atoms with Crippen LogP contribution in [-0.2, 0) is 14.3 Å². The average Bonchev–Trinajstić information content (AvgIpc) is 3.22. The summed E-state index contributed by atoms with van der Waals surface area (Å²) >= 11 is -1.34. The summed E-state index contributed by atoms with van der Waals surface area (Å²) in [4.78, 5) is 24.0. The van der Waals surface area contributed by atoms with E-state index in [1.165, 1.54) is 34.5 Å². The van der Waals surface area contributed by atoms with E-state index in [0.29, 0.717) is 18.5 Å². The zero-order chi connectivity index (χ0) is 14.0. The van der Waals surface area contributed by atoms with Crippen molar-refractivity contribution in [3.8, 4) is 0 Å². The van der Waals surface area contributed by atoms with Gasteiger partial charge in [0.15, 0.2) is 0 Å². The van der Waals surface area contributed by atoms with E-state index >= 15 is 0 Å². The first-order chi connectivity index (χ1) is 9.05. The Hall–Kier alpha value is -1.38. The summed E-state index contributed by atoms with van der Waals surface area (Å²) in [6, 6.07) is 5.34. The minimum absolute atomic E-state index is 0.409. The molecule has 1 fully saturated rings. The smallest absolute Gasteiger partial charge is 0.321 e. The molecule has 1 saturated carbocycles. The highest BCUT2D eigenvalue weighted by Crippen LogP contribution is 2.49. The fourth-order valence-electron chi connectivity index (χ4n) is 1.79. The van der Waals surface area contributed by atoms with Crippen molar-refractivity contribution in [2.75, 3.05) is 10.2 Å². The Balaban J connectivity index is 2.28. The van der Waals surface area contributed by atoms with Crippen LogP contribution >= 0.6 is 21.3 Å². The van der Waals surface area contributed by atoms with Crippen LogP contribution in [0.1, 0.15) is 12.8 Å². The van der Waals surface area contributed by atoms with E-state index in [-0.39, 0.29) is 0 Å². The third-order valence-electron chi connectivity index (χ3n) is 3.05. The molecule has 1 N–H and O–H groups in total. The minimum Gasteiger partial charge on any atom is -0.468 e. The first-order valence-electron chi connectivity index (χ1n) is 5.54. The van der Waals surface area contributed by atoms with Gasteiger partial charge in [-0.15, -0.1) is 0 Å². The summed E-state index contributed by atoms with van der Waals surface area (Å²) < 4.78 is 26.3. The Morgan fingerprint density at radius 2 is 1.95 bits per heavy atom. The van der Waals surface area contributed by atoms with Crippen molar-refractivity contribution in [2.24, 2.45) is 5.41 Å². The molecule has 0 aromatic heterocycles. The molecule has 102 valence electrons. The van der Waals surface area contributed by atoms with Gasteiger partial charge < -0.3 is 4.74 Å². The van der Waals surface area contributed by atoms with Crippen LogP contribution in [0.25, 0.3) is 0 Å². The maximum atomic E-state index is 12.9. The Bertz CT molecular complexity index is 528. The molecule has 1 aromatic rings. The fourth-order valence-corrected chi connectivity index (χ4v) is 3.07. The van der Waals surface area contributed by atoms with Gasteiger partial charge in [-0.1, -0.05) is 0 Å². The van der Waals surface area contributed by atoms with Gasteiger partial charge in [0.2, 0.25) is 0 Å². The molecule has 2 rings (SSSR count). The van der Waals surface area contributed by atoms with E-state index in [2.05, 4.69) is 4.74 Å². The quantitative estimate of drug-likeness (QED) is 0.379. The van der Waals surface area contributed by atoms with Crippen molar-refractivity contribution >= 4 is 38.9 Å². The molecular formula is C12H12FIN2O3. The summed E-state index contributed by atoms with van der Waals surface area (Å²) in [5, 5.41) is 0. The Kier molecular flexibility index (Phi) is 3.93. The van der Waals surface area contributed by atoms with Crippen molar-refractivity contribution in [3.05, 3.63) is 30.1 Å². The number of nitrogens with zero attached hydrogens (tertiary/aromatic N) is 1. The number of amides is 1. The molecule has 7 heteroatoms. The molecule has 0 aliphatic heterocycles. The van der Waals surface area contributed by atoms with Gasteiger partial charge in [-0.05, 0) is 37.1 Å². The number of esters is 1. The number of halogens is 2. The number of rotatable bonds is 4. The van der Waals surface area contributed by atoms with Crippen LogP contribution in [-0.4, -0.2) is 19.0 Å². The zero-order valence-electron chi connectivity index (χ0n) is 10.2. The molecule has 1 aromatic carbocycles. The molecule has 5 nitrogen and oxygen atoms in total. The molecule has 19 heavy (non-hydrogen) atoms. The number of benzene rings is 1. The second-order valence-electron chi connectivity index (χ2n) is 4.22. The second kappa shape index (κ2) is 5.32. The third kappa shape index (κ3) is 2.51. The van der Waals surface area contributed by atoms with E-state index in [4.69, 9.17) is 3.56 Å². The third-order valence-corrected chi connectivity index (χ3v) is 4.53. The zero-order valence-corrected chi connectivity index (χ0v) is 12.3. The van der Waals surface area contributed by atoms with E-state index in [1.807, 2.05) is 0 Å². The lowest BCUT2D eigenvalue weighted by Crippen LogP contribution is -2.36. The number of anilines is 1. The van der Waals surface area contributed by atoms with Crippen molar-refractivity contribution < 1.29 is 18.7 Å². The SMILES string of the molecule is COC(=O)C1(C(=O)N(I=N)c2ccc(F)cc2)CC1. The van der Waals surface area contributed by atoms with Crippen LogP contribution in [0, 0.1) is 14.8 Å². The lowest BCUT2D eigenvalue weighted by molar-refractivity contribution is -0.150. The molecule has 0 bridgehead atoms.